The van der Waals surface area contributed by atoms with E-state index in [1.54, 1.807) is 25.1 Å². The first kappa shape index (κ1) is 21.8. The van der Waals surface area contributed by atoms with Crippen LogP contribution in [-0.2, 0) is 17.8 Å². The molecule has 3 aromatic carbocycles. The number of amides is 1. The van der Waals surface area contributed by atoms with Gasteiger partial charge in [-0.2, -0.15) is 5.10 Å². The Labute approximate surface area is 207 Å². The number of nitrogens with zero attached hydrogens (tertiary/aromatic N) is 5. The first-order chi connectivity index (χ1) is 17.6. The fraction of sp³-hybridized carbons (Fsp3) is 0.185. The molecule has 0 aliphatic carbocycles. The van der Waals surface area contributed by atoms with Gasteiger partial charge in [-0.15, -0.1) is 0 Å². The second-order valence-electron chi connectivity index (χ2n) is 8.57. The summed E-state index contributed by atoms with van der Waals surface area (Å²) in [7, 11) is 3.20. The van der Waals surface area contributed by atoms with Gasteiger partial charge < -0.3 is 19.7 Å². The lowest BCUT2D eigenvalue weighted by molar-refractivity contribution is -0.119. The molecule has 0 saturated carbocycles. The number of hydrogen-bond acceptors (Lipinski definition) is 7. The van der Waals surface area contributed by atoms with E-state index < -0.39 is 0 Å². The van der Waals surface area contributed by atoms with Crippen LogP contribution in [0.3, 0.4) is 0 Å². The number of ether oxygens (including phenoxy) is 2. The van der Waals surface area contributed by atoms with Gasteiger partial charge in [0.05, 0.1) is 31.4 Å². The van der Waals surface area contributed by atoms with E-state index in [-0.39, 0.29) is 12.5 Å². The third-order valence-corrected chi connectivity index (χ3v) is 6.52. The van der Waals surface area contributed by atoms with Crippen LogP contribution in [0.15, 0.2) is 67.1 Å². The first-order valence-corrected chi connectivity index (χ1v) is 11.6. The minimum Gasteiger partial charge on any atom is -0.493 e. The number of benzene rings is 3. The van der Waals surface area contributed by atoms with Crippen LogP contribution in [-0.4, -0.2) is 46.4 Å². The normalized spacial score (nSPS) is 12.7. The highest BCUT2D eigenvalue weighted by molar-refractivity contribution is 5.97. The van der Waals surface area contributed by atoms with Crippen LogP contribution in [0, 0.1) is 0 Å². The largest absolute Gasteiger partial charge is 0.493 e. The van der Waals surface area contributed by atoms with Crippen molar-refractivity contribution in [1.82, 2.24) is 19.7 Å². The summed E-state index contributed by atoms with van der Waals surface area (Å²) in [5, 5.41) is 9.65. The zero-order chi connectivity index (χ0) is 24.6. The highest BCUT2D eigenvalue weighted by Gasteiger charge is 2.25. The minimum atomic E-state index is 0.0196. The molecule has 3 heterocycles. The third kappa shape index (κ3) is 3.74. The summed E-state index contributed by atoms with van der Waals surface area (Å²) in [6.07, 6.45) is 4.09. The van der Waals surface area contributed by atoms with E-state index in [0.717, 1.165) is 45.2 Å². The van der Waals surface area contributed by atoms with Gasteiger partial charge in [0.15, 0.2) is 11.5 Å². The highest BCUT2D eigenvalue weighted by Crippen LogP contribution is 2.36. The van der Waals surface area contributed by atoms with E-state index in [9.17, 15) is 4.79 Å². The van der Waals surface area contributed by atoms with Crippen molar-refractivity contribution in [2.75, 3.05) is 31.0 Å². The Balaban J connectivity index is 1.24. The average molecular weight is 481 g/mol. The van der Waals surface area contributed by atoms with Gasteiger partial charge in [0.25, 0.3) is 0 Å². The molecule has 0 spiro atoms. The Bertz CT molecular complexity index is 1610. The zero-order valence-electron chi connectivity index (χ0n) is 19.9. The maximum atomic E-state index is 13.2. The fourth-order valence-corrected chi connectivity index (χ4v) is 4.72. The summed E-state index contributed by atoms with van der Waals surface area (Å²) in [6.45, 7) is 0.843. The number of para-hydroxylation sites is 1. The molecule has 180 valence electrons. The van der Waals surface area contributed by atoms with E-state index in [4.69, 9.17) is 9.47 Å². The molecule has 0 fully saturated rings. The van der Waals surface area contributed by atoms with Crippen molar-refractivity contribution in [3.63, 3.8) is 0 Å². The van der Waals surface area contributed by atoms with Crippen LogP contribution in [0.1, 0.15) is 5.56 Å². The number of carbonyl (C=O) groups excluding carboxylic acids is 1. The zero-order valence-corrected chi connectivity index (χ0v) is 19.9. The lowest BCUT2D eigenvalue weighted by Crippen LogP contribution is -2.32. The third-order valence-electron chi connectivity index (χ3n) is 6.52. The summed E-state index contributed by atoms with van der Waals surface area (Å²) < 4.78 is 12.6. The van der Waals surface area contributed by atoms with Crippen LogP contribution in [0.5, 0.6) is 11.5 Å². The molecule has 9 nitrogen and oxygen atoms in total. The number of rotatable bonds is 6. The van der Waals surface area contributed by atoms with E-state index in [2.05, 4.69) is 26.4 Å². The van der Waals surface area contributed by atoms with Gasteiger partial charge >= 0.3 is 0 Å². The second-order valence-corrected chi connectivity index (χ2v) is 8.57. The highest BCUT2D eigenvalue weighted by atomic mass is 16.5. The summed E-state index contributed by atoms with van der Waals surface area (Å²) in [4.78, 5) is 23.8. The molecule has 1 aliphatic rings. The van der Waals surface area contributed by atoms with Gasteiger partial charge in [-0.1, -0.05) is 18.2 Å². The van der Waals surface area contributed by atoms with Crippen molar-refractivity contribution in [2.45, 2.75) is 13.0 Å². The van der Waals surface area contributed by atoms with E-state index in [1.165, 1.54) is 6.33 Å². The number of nitrogens with one attached hydrogen (secondary N) is 1. The van der Waals surface area contributed by atoms with Crippen molar-refractivity contribution in [1.29, 1.82) is 0 Å². The molecule has 1 N–H and O–H groups in total. The number of carbonyl (C=O) groups is 1. The number of anilines is 3. The summed E-state index contributed by atoms with van der Waals surface area (Å²) in [6, 6.07) is 17.6. The second kappa shape index (κ2) is 8.84. The van der Waals surface area contributed by atoms with Crippen LogP contribution in [0.4, 0.5) is 17.2 Å². The minimum absolute atomic E-state index is 0.0196. The Morgan fingerprint density at radius 1 is 1.03 bits per heavy atom. The van der Waals surface area contributed by atoms with Crippen molar-refractivity contribution < 1.29 is 14.3 Å². The molecule has 1 amide bonds. The molecule has 0 saturated heterocycles. The van der Waals surface area contributed by atoms with Crippen molar-refractivity contribution >= 4 is 44.9 Å². The Morgan fingerprint density at radius 2 is 1.86 bits per heavy atom. The predicted octanol–water partition coefficient (Wildman–Crippen LogP) is 4.33. The topological polar surface area (TPSA) is 94.4 Å². The number of methoxy groups -OCH3 is 2. The molecule has 36 heavy (non-hydrogen) atoms. The SMILES string of the molecule is COc1cc2ncnc(Nc3ccc4c(c3)CCN4C(=O)Cn3ncc4ccccc43)c2cc1OC. The Hall–Kier alpha value is -4.66. The van der Waals surface area contributed by atoms with Gasteiger partial charge in [0, 0.05) is 34.8 Å². The molecule has 5 aromatic rings. The predicted molar refractivity (Wildman–Crippen MR) is 138 cm³/mol. The van der Waals surface area contributed by atoms with Crippen molar-refractivity contribution in [3.8, 4) is 11.5 Å². The average Bonchev–Trinajstić information content (AvgIpc) is 3.52. The van der Waals surface area contributed by atoms with E-state index in [1.807, 2.05) is 53.4 Å². The molecule has 0 bridgehead atoms. The Kier molecular flexibility index (Phi) is 5.37. The standard InChI is InChI=1S/C27H24N6O3/c1-35-24-12-20-21(13-25(24)36-2)28-16-29-27(20)31-19-7-8-22-17(11-19)9-10-32(22)26(34)15-33-23-6-4-3-5-18(23)14-30-33/h3-8,11-14,16H,9-10,15H2,1-2H3,(H,28,29,31). The first-order valence-electron chi connectivity index (χ1n) is 11.6. The van der Waals surface area contributed by atoms with Gasteiger partial charge in [0.1, 0.15) is 18.7 Å². The molecular formula is C27H24N6O3. The molecular weight excluding hydrogens is 456 g/mol. The maximum absolute atomic E-state index is 13.2. The van der Waals surface area contributed by atoms with E-state index in [0.29, 0.717) is 23.9 Å². The lowest BCUT2D eigenvalue weighted by Gasteiger charge is -2.18. The monoisotopic (exact) mass is 480 g/mol. The molecule has 9 heteroatoms. The van der Waals surface area contributed by atoms with Crippen molar-refractivity contribution in [2.24, 2.45) is 0 Å². The number of hydrogen-bond donors (Lipinski definition) is 1. The molecule has 2 aromatic heterocycles. The fourth-order valence-electron chi connectivity index (χ4n) is 4.72. The molecule has 0 atom stereocenters. The number of aromatic nitrogens is 4. The van der Waals surface area contributed by atoms with Crippen LogP contribution >= 0.6 is 0 Å². The van der Waals surface area contributed by atoms with Gasteiger partial charge in [-0.05, 0) is 42.3 Å². The summed E-state index contributed by atoms with van der Waals surface area (Å²) in [5.74, 6) is 1.90. The Morgan fingerprint density at radius 3 is 2.72 bits per heavy atom. The molecule has 0 radical (unpaired) electrons. The van der Waals surface area contributed by atoms with Gasteiger partial charge in [-0.3, -0.25) is 9.48 Å². The molecule has 6 rings (SSSR count). The molecule has 1 aliphatic heterocycles. The van der Waals surface area contributed by atoms with E-state index >= 15 is 0 Å². The number of fused-ring (bicyclic) bond motifs is 3. The summed E-state index contributed by atoms with van der Waals surface area (Å²) in [5.41, 5.74) is 4.62. The summed E-state index contributed by atoms with van der Waals surface area (Å²) >= 11 is 0. The van der Waals surface area contributed by atoms with Crippen LogP contribution in [0.2, 0.25) is 0 Å². The smallest absolute Gasteiger partial charge is 0.248 e. The molecule has 0 unspecified atom stereocenters. The lowest BCUT2D eigenvalue weighted by atomic mass is 10.1. The maximum Gasteiger partial charge on any atom is 0.248 e. The van der Waals surface area contributed by atoms with Crippen LogP contribution in [0.25, 0.3) is 21.8 Å². The van der Waals surface area contributed by atoms with Crippen LogP contribution < -0.4 is 19.7 Å². The van der Waals surface area contributed by atoms with Gasteiger partial charge in [0.2, 0.25) is 5.91 Å². The quantitative estimate of drug-likeness (QED) is 0.387. The van der Waals surface area contributed by atoms with Crippen molar-refractivity contribution in [3.05, 3.63) is 72.7 Å². The van der Waals surface area contributed by atoms with Gasteiger partial charge in [-0.25, -0.2) is 9.97 Å².